The maximum Gasteiger partial charge on any atom is 0.325 e. The molecule has 1 heterocycles. The molecule has 0 aliphatic carbocycles. The molecule has 0 saturated carbocycles. The minimum atomic E-state index is -0.843. The van der Waals surface area contributed by atoms with Gasteiger partial charge in [-0.3, -0.25) is 9.59 Å². The quantitative estimate of drug-likeness (QED) is 0.729. The van der Waals surface area contributed by atoms with E-state index in [-0.39, 0.29) is 24.9 Å². The van der Waals surface area contributed by atoms with Gasteiger partial charge < -0.3 is 19.6 Å². The number of likely N-dealkylation sites (tertiary alicyclic amines) is 1. The van der Waals surface area contributed by atoms with Crippen molar-refractivity contribution >= 4 is 18.0 Å². The lowest BCUT2D eigenvalue weighted by atomic mass is 10.1. The molecule has 1 saturated heterocycles. The van der Waals surface area contributed by atoms with Crippen LogP contribution in [0.1, 0.15) is 26.2 Å². The predicted molar refractivity (Wildman–Crippen MR) is 71.2 cm³/mol. The van der Waals surface area contributed by atoms with E-state index in [2.05, 4.69) is 4.74 Å². The summed E-state index contributed by atoms with van der Waals surface area (Å²) in [5.41, 5.74) is 0. The van der Waals surface area contributed by atoms with Gasteiger partial charge in [0.05, 0.1) is 7.11 Å². The smallest absolute Gasteiger partial charge is 0.325 e. The molecule has 0 aromatic rings. The van der Waals surface area contributed by atoms with E-state index in [1.54, 1.807) is 4.90 Å². The minimum absolute atomic E-state index is 0.00180. The molecule has 1 fully saturated rings. The molecule has 0 aromatic carbocycles. The van der Waals surface area contributed by atoms with E-state index in [4.69, 9.17) is 5.11 Å². The lowest BCUT2D eigenvalue weighted by molar-refractivity contribution is -0.141. The number of aliphatic carboxylic acids is 1. The summed E-state index contributed by atoms with van der Waals surface area (Å²) in [5.74, 6) is -1.30. The molecule has 0 spiro atoms. The SMILES string of the molecule is CCCN(CC(=O)OC)C(=O)N1CCC(CC(=O)O)C1. The first-order chi connectivity index (χ1) is 9.47. The molecule has 7 heteroatoms. The zero-order valence-electron chi connectivity index (χ0n) is 12.0. The van der Waals surface area contributed by atoms with Crippen LogP contribution in [-0.2, 0) is 14.3 Å². The van der Waals surface area contributed by atoms with Gasteiger partial charge in [0.1, 0.15) is 6.54 Å². The van der Waals surface area contributed by atoms with Gasteiger partial charge in [-0.1, -0.05) is 6.92 Å². The summed E-state index contributed by atoms with van der Waals surface area (Å²) in [7, 11) is 1.29. The fourth-order valence-corrected chi connectivity index (χ4v) is 2.35. The molecule has 1 unspecified atom stereocenters. The summed E-state index contributed by atoms with van der Waals surface area (Å²) < 4.78 is 4.58. The Morgan fingerprint density at radius 1 is 1.40 bits per heavy atom. The highest BCUT2D eigenvalue weighted by Gasteiger charge is 2.30. The Bertz CT molecular complexity index is 372. The number of amides is 2. The fraction of sp³-hybridized carbons (Fsp3) is 0.769. The van der Waals surface area contributed by atoms with E-state index in [0.717, 1.165) is 6.42 Å². The predicted octanol–water partition coefficient (Wildman–Crippen LogP) is 0.788. The third kappa shape index (κ3) is 4.71. The monoisotopic (exact) mass is 286 g/mol. The van der Waals surface area contributed by atoms with Crippen molar-refractivity contribution in [3.8, 4) is 0 Å². The second kappa shape index (κ2) is 7.72. The van der Waals surface area contributed by atoms with Gasteiger partial charge in [-0.25, -0.2) is 4.79 Å². The third-order valence-electron chi connectivity index (χ3n) is 3.33. The number of rotatable bonds is 6. The van der Waals surface area contributed by atoms with Gasteiger partial charge >= 0.3 is 18.0 Å². The van der Waals surface area contributed by atoms with Crippen LogP contribution >= 0.6 is 0 Å². The van der Waals surface area contributed by atoms with Crippen LogP contribution in [0.5, 0.6) is 0 Å². The summed E-state index contributed by atoms with van der Waals surface area (Å²) in [4.78, 5) is 37.4. The van der Waals surface area contributed by atoms with Crippen LogP contribution < -0.4 is 0 Å². The maximum atomic E-state index is 12.3. The molecular formula is C13H22N2O5. The van der Waals surface area contributed by atoms with E-state index in [1.165, 1.54) is 12.0 Å². The van der Waals surface area contributed by atoms with Crippen LogP contribution in [0.3, 0.4) is 0 Å². The van der Waals surface area contributed by atoms with Crippen LogP contribution in [0.25, 0.3) is 0 Å². The van der Waals surface area contributed by atoms with Crippen molar-refractivity contribution in [1.82, 2.24) is 9.80 Å². The third-order valence-corrected chi connectivity index (χ3v) is 3.33. The van der Waals surface area contributed by atoms with Crippen molar-refractivity contribution in [3.63, 3.8) is 0 Å². The number of ether oxygens (including phenoxy) is 1. The highest BCUT2D eigenvalue weighted by Crippen LogP contribution is 2.20. The lowest BCUT2D eigenvalue weighted by Gasteiger charge is -2.27. The first-order valence-electron chi connectivity index (χ1n) is 6.80. The topological polar surface area (TPSA) is 87.2 Å². The number of esters is 1. The number of nitrogens with zero attached hydrogens (tertiary/aromatic N) is 2. The molecule has 20 heavy (non-hydrogen) atoms. The largest absolute Gasteiger partial charge is 0.481 e. The molecule has 0 radical (unpaired) electrons. The van der Waals surface area contributed by atoms with Gasteiger partial charge in [0.2, 0.25) is 0 Å². The van der Waals surface area contributed by atoms with Crippen molar-refractivity contribution in [2.45, 2.75) is 26.2 Å². The molecule has 114 valence electrons. The van der Waals surface area contributed by atoms with Crippen molar-refractivity contribution in [2.75, 3.05) is 33.3 Å². The van der Waals surface area contributed by atoms with Crippen LogP contribution in [-0.4, -0.2) is 66.2 Å². The summed E-state index contributed by atoms with van der Waals surface area (Å²) in [6.07, 6.45) is 1.51. The molecule has 1 aliphatic heterocycles. The molecule has 1 N–H and O–H groups in total. The highest BCUT2D eigenvalue weighted by molar-refractivity contribution is 5.81. The highest BCUT2D eigenvalue weighted by atomic mass is 16.5. The molecule has 0 bridgehead atoms. The first-order valence-corrected chi connectivity index (χ1v) is 6.80. The van der Waals surface area contributed by atoms with E-state index < -0.39 is 11.9 Å². The number of hydrogen-bond acceptors (Lipinski definition) is 4. The lowest BCUT2D eigenvalue weighted by Crippen LogP contribution is -2.45. The van der Waals surface area contributed by atoms with Crippen molar-refractivity contribution in [2.24, 2.45) is 5.92 Å². The molecule has 7 nitrogen and oxygen atoms in total. The summed E-state index contributed by atoms with van der Waals surface area (Å²) in [6.45, 7) is 3.32. The second-order valence-electron chi connectivity index (χ2n) is 4.98. The van der Waals surface area contributed by atoms with Gasteiger partial charge in [-0.05, 0) is 18.8 Å². The Morgan fingerprint density at radius 3 is 2.65 bits per heavy atom. The number of urea groups is 1. The van der Waals surface area contributed by atoms with E-state index in [0.29, 0.717) is 26.1 Å². The summed E-state index contributed by atoms with van der Waals surface area (Å²) in [6, 6.07) is -0.217. The van der Waals surface area contributed by atoms with Gasteiger partial charge in [-0.15, -0.1) is 0 Å². The molecule has 1 rings (SSSR count). The Balaban J connectivity index is 2.57. The minimum Gasteiger partial charge on any atom is -0.481 e. The van der Waals surface area contributed by atoms with Gasteiger partial charge in [0, 0.05) is 26.1 Å². The molecule has 1 aliphatic rings. The van der Waals surface area contributed by atoms with Crippen LogP contribution in [0, 0.1) is 5.92 Å². The number of carboxylic acids is 1. The summed E-state index contributed by atoms with van der Waals surface area (Å²) >= 11 is 0. The van der Waals surface area contributed by atoms with E-state index in [1.807, 2.05) is 6.92 Å². The van der Waals surface area contributed by atoms with Crippen molar-refractivity contribution in [1.29, 1.82) is 0 Å². The normalized spacial score (nSPS) is 17.9. The number of carbonyl (C=O) groups excluding carboxylic acids is 2. The van der Waals surface area contributed by atoms with E-state index in [9.17, 15) is 14.4 Å². The van der Waals surface area contributed by atoms with Gasteiger partial charge in [0.15, 0.2) is 0 Å². The van der Waals surface area contributed by atoms with Crippen molar-refractivity contribution < 1.29 is 24.2 Å². The Kier molecular flexibility index (Phi) is 6.27. The Labute approximate surface area is 118 Å². The van der Waals surface area contributed by atoms with Crippen LogP contribution in [0.4, 0.5) is 4.79 Å². The standard InChI is InChI=1S/C13H22N2O5/c1-3-5-14(9-12(18)20-2)13(19)15-6-4-10(8-15)7-11(16)17/h10H,3-9H2,1-2H3,(H,16,17). The average molecular weight is 286 g/mol. The molecule has 2 amide bonds. The van der Waals surface area contributed by atoms with Crippen LogP contribution in [0.2, 0.25) is 0 Å². The Morgan fingerprint density at radius 2 is 2.10 bits per heavy atom. The fourth-order valence-electron chi connectivity index (χ4n) is 2.35. The number of carbonyl (C=O) groups is 3. The van der Waals surface area contributed by atoms with E-state index >= 15 is 0 Å². The molecular weight excluding hydrogens is 264 g/mol. The zero-order chi connectivity index (χ0) is 15.1. The Hall–Kier alpha value is -1.79. The van der Waals surface area contributed by atoms with Crippen LogP contribution in [0.15, 0.2) is 0 Å². The summed E-state index contributed by atoms with van der Waals surface area (Å²) in [5, 5.41) is 8.77. The number of hydrogen-bond donors (Lipinski definition) is 1. The second-order valence-corrected chi connectivity index (χ2v) is 4.98. The number of methoxy groups -OCH3 is 1. The van der Waals surface area contributed by atoms with Gasteiger partial charge in [0.25, 0.3) is 0 Å². The number of carboxylic acid groups (broad SMARTS) is 1. The average Bonchev–Trinajstić information content (AvgIpc) is 2.84. The molecule has 0 aromatic heterocycles. The zero-order valence-corrected chi connectivity index (χ0v) is 12.0. The van der Waals surface area contributed by atoms with Crippen molar-refractivity contribution in [3.05, 3.63) is 0 Å². The maximum absolute atomic E-state index is 12.3. The first kappa shape index (κ1) is 16.3. The van der Waals surface area contributed by atoms with Gasteiger partial charge in [-0.2, -0.15) is 0 Å². The molecule has 1 atom stereocenters.